The highest BCUT2D eigenvalue weighted by Gasteiger charge is 2.27. The highest BCUT2D eigenvalue weighted by atomic mass is 16.5. The van der Waals surface area contributed by atoms with Crippen LogP contribution in [0.3, 0.4) is 0 Å². The number of pyridine rings is 1. The van der Waals surface area contributed by atoms with E-state index in [1.165, 1.54) is 21.9 Å². The molecule has 1 fully saturated rings. The highest BCUT2D eigenvalue weighted by Crippen LogP contribution is 2.31. The topological polar surface area (TPSA) is 43.4 Å². The zero-order valence-corrected chi connectivity index (χ0v) is 19.0. The Morgan fingerprint density at radius 1 is 0.939 bits per heavy atom. The number of ether oxygens (including phenoxy) is 2. The van der Waals surface area contributed by atoms with Crippen LogP contribution in [0.25, 0.3) is 10.8 Å². The Kier molecular flexibility index (Phi) is 6.77. The van der Waals surface area contributed by atoms with E-state index in [1.54, 1.807) is 13.3 Å². The van der Waals surface area contributed by atoms with E-state index < -0.39 is 0 Å². The van der Waals surface area contributed by atoms with Crippen LogP contribution in [0.2, 0.25) is 0 Å². The largest absolute Gasteiger partial charge is 0.372 e. The van der Waals surface area contributed by atoms with Crippen LogP contribution in [-0.2, 0) is 16.1 Å². The Hall–Kier alpha value is -3.05. The molecule has 1 saturated heterocycles. The van der Waals surface area contributed by atoms with Crippen LogP contribution in [0.5, 0.6) is 0 Å². The lowest BCUT2D eigenvalue weighted by Crippen LogP contribution is -2.41. The third-order valence-corrected chi connectivity index (χ3v) is 6.59. The molecule has 5 rings (SSSR count). The molecular formula is C29H30N2O2. The summed E-state index contributed by atoms with van der Waals surface area (Å²) in [6.45, 7) is 2.51. The lowest BCUT2D eigenvalue weighted by atomic mass is 9.86. The van der Waals surface area contributed by atoms with Crippen molar-refractivity contribution in [3.05, 3.63) is 114 Å². The average Bonchev–Trinajstić information content (AvgIpc) is 2.89. The molecule has 3 unspecified atom stereocenters. The van der Waals surface area contributed by atoms with Crippen molar-refractivity contribution >= 4 is 10.8 Å². The quantitative estimate of drug-likeness (QED) is 0.406. The maximum absolute atomic E-state index is 6.46. The average molecular weight is 439 g/mol. The summed E-state index contributed by atoms with van der Waals surface area (Å²) in [6, 6.07) is 27.9. The van der Waals surface area contributed by atoms with Gasteiger partial charge >= 0.3 is 0 Å². The summed E-state index contributed by atoms with van der Waals surface area (Å²) in [5.74, 6) is 0.375. The van der Waals surface area contributed by atoms with E-state index in [0.29, 0.717) is 12.5 Å². The number of nitrogens with one attached hydrogen (secondary N) is 1. The van der Waals surface area contributed by atoms with Crippen molar-refractivity contribution in [1.29, 1.82) is 0 Å². The number of hydrogen-bond donors (Lipinski definition) is 1. The van der Waals surface area contributed by atoms with Gasteiger partial charge in [0.15, 0.2) is 0 Å². The van der Waals surface area contributed by atoms with Crippen LogP contribution in [0.15, 0.2) is 91.3 Å². The standard InChI is InChI=1S/C29H30N2O2/c1-32-29(26-7-4-15-30-18-26)24-12-10-23(11-13-24)27-14-16-31-19-28(27)33-20-21-8-9-22-5-2-3-6-25(22)17-21/h2-13,15,17-18,27-29,31H,14,16,19-20H2,1H3. The van der Waals surface area contributed by atoms with Crippen molar-refractivity contribution in [2.45, 2.75) is 31.2 Å². The van der Waals surface area contributed by atoms with E-state index >= 15 is 0 Å². The number of fused-ring (bicyclic) bond motifs is 1. The second-order valence-corrected chi connectivity index (χ2v) is 8.70. The summed E-state index contributed by atoms with van der Waals surface area (Å²) >= 11 is 0. The maximum Gasteiger partial charge on any atom is 0.109 e. The van der Waals surface area contributed by atoms with Gasteiger partial charge in [0.05, 0.1) is 12.7 Å². The predicted octanol–water partition coefficient (Wildman–Crippen LogP) is 5.63. The molecule has 4 aromatic rings. The molecule has 168 valence electrons. The Morgan fingerprint density at radius 3 is 2.58 bits per heavy atom. The summed E-state index contributed by atoms with van der Waals surface area (Å²) in [6.07, 6.45) is 4.76. The van der Waals surface area contributed by atoms with Crippen molar-refractivity contribution < 1.29 is 9.47 Å². The van der Waals surface area contributed by atoms with Crippen molar-refractivity contribution in [3.8, 4) is 0 Å². The Morgan fingerprint density at radius 2 is 1.79 bits per heavy atom. The molecule has 3 atom stereocenters. The lowest BCUT2D eigenvalue weighted by molar-refractivity contribution is 0.0106. The molecule has 0 radical (unpaired) electrons. The first-order valence-corrected chi connectivity index (χ1v) is 11.6. The molecule has 0 bridgehead atoms. The molecule has 1 N–H and O–H groups in total. The van der Waals surface area contributed by atoms with Crippen LogP contribution >= 0.6 is 0 Å². The first kappa shape index (κ1) is 21.8. The lowest BCUT2D eigenvalue weighted by Gasteiger charge is -2.33. The number of benzene rings is 3. The zero-order chi connectivity index (χ0) is 22.5. The molecule has 2 heterocycles. The van der Waals surface area contributed by atoms with Gasteiger partial charge in [0.1, 0.15) is 6.10 Å². The maximum atomic E-state index is 6.46. The van der Waals surface area contributed by atoms with E-state index in [4.69, 9.17) is 9.47 Å². The van der Waals surface area contributed by atoms with Gasteiger partial charge in [0, 0.05) is 37.5 Å². The summed E-state index contributed by atoms with van der Waals surface area (Å²) in [4.78, 5) is 4.24. The second-order valence-electron chi connectivity index (χ2n) is 8.70. The molecule has 0 amide bonds. The fourth-order valence-corrected chi connectivity index (χ4v) is 4.83. The molecule has 1 aliphatic heterocycles. The van der Waals surface area contributed by atoms with Crippen LogP contribution in [0.1, 0.15) is 40.7 Å². The minimum Gasteiger partial charge on any atom is -0.372 e. The zero-order valence-electron chi connectivity index (χ0n) is 19.0. The number of piperidine rings is 1. The Labute approximate surface area is 195 Å². The molecule has 0 saturated carbocycles. The third kappa shape index (κ3) is 4.98. The first-order chi connectivity index (χ1) is 16.3. The van der Waals surface area contributed by atoms with Crippen LogP contribution in [0, 0.1) is 0 Å². The number of aromatic nitrogens is 1. The van der Waals surface area contributed by atoms with Crippen LogP contribution in [-0.4, -0.2) is 31.3 Å². The number of rotatable bonds is 7. The summed E-state index contributed by atoms with van der Waals surface area (Å²) in [5.41, 5.74) is 4.74. The Balaban J connectivity index is 1.29. The number of methoxy groups -OCH3 is 1. The molecule has 3 aromatic carbocycles. The molecule has 0 spiro atoms. The minimum absolute atomic E-state index is 0.110. The van der Waals surface area contributed by atoms with Crippen LogP contribution in [0.4, 0.5) is 0 Å². The van der Waals surface area contributed by atoms with Crippen molar-refractivity contribution in [1.82, 2.24) is 10.3 Å². The van der Waals surface area contributed by atoms with E-state index in [1.807, 2.05) is 12.3 Å². The fraction of sp³-hybridized carbons (Fsp3) is 0.276. The number of nitrogens with zero attached hydrogens (tertiary/aromatic N) is 1. The number of hydrogen-bond acceptors (Lipinski definition) is 4. The van der Waals surface area contributed by atoms with Gasteiger partial charge in [-0.3, -0.25) is 4.98 Å². The van der Waals surface area contributed by atoms with Crippen molar-refractivity contribution in [3.63, 3.8) is 0 Å². The van der Waals surface area contributed by atoms with Gasteiger partial charge in [-0.05, 0) is 52.6 Å². The summed E-state index contributed by atoms with van der Waals surface area (Å²) in [5, 5.41) is 6.03. The molecule has 4 nitrogen and oxygen atoms in total. The molecule has 4 heteroatoms. The molecule has 1 aliphatic rings. The molecular weight excluding hydrogens is 408 g/mol. The van der Waals surface area contributed by atoms with Gasteiger partial charge in [0.25, 0.3) is 0 Å². The normalized spacial score (nSPS) is 19.4. The fourth-order valence-electron chi connectivity index (χ4n) is 4.83. The van der Waals surface area contributed by atoms with Gasteiger partial charge in [-0.25, -0.2) is 0 Å². The van der Waals surface area contributed by atoms with Gasteiger partial charge in [-0.15, -0.1) is 0 Å². The van der Waals surface area contributed by atoms with Gasteiger partial charge in [-0.2, -0.15) is 0 Å². The van der Waals surface area contributed by atoms with Gasteiger partial charge in [0.2, 0.25) is 0 Å². The van der Waals surface area contributed by atoms with E-state index in [-0.39, 0.29) is 12.2 Å². The Bertz CT molecular complexity index is 1180. The molecule has 0 aliphatic carbocycles. The third-order valence-electron chi connectivity index (χ3n) is 6.59. The molecule has 33 heavy (non-hydrogen) atoms. The summed E-state index contributed by atoms with van der Waals surface area (Å²) < 4.78 is 12.2. The SMILES string of the molecule is COC(c1ccc(C2CCNCC2OCc2ccc3ccccc3c2)cc1)c1cccnc1. The monoisotopic (exact) mass is 438 g/mol. The smallest absolute Gasteiger partial charge is 0.109 e. The van der Waals surface area contributed by atoms with Crippen molar-refractivity contribution in [2.75, 3.05) is 20.2 Å². The first-order valence-electron chi connectivity index (χ1n) is 11.6. The van der Waals surface area contributed by atoms with Gasteiger partial charge in [-0.1, -0.05) is 66.7 Å². The summed E-state index contributed by atoms with van der Waals surface area (Å²) in [7, 11) is 1.75. The highest BCUT2D eigenvalue weighted by molar-refractivity contribution is 5.82. The second kappa shape index (κ2) is 10.3. The molecule has 1 aromatic heterocycles. The predicted molar refractivity (Wildman–Crippen MR) is 132 cm³/mol. The minimum atomic E-state index is -0.110. The van der Waals surface area contributed by atoms with E-state index in [0.717, 1.165) is 30.6 Å². The van der Waals surface area contributed by atoms with Crippen LogP contribution < -0.4 is 5.32 Å². The van der Waals surface area contributed by atoms with Crippen molar-refractivity contribution in [2.24, 2.45) is 0 Å². The van der Waals surface area contributed by atoms with Gasteiger partial charge < -0.3 is 14.8 Å². The van der Waals surface area contributed by atoms with E-state index in [9.17, 15) is 0 Å². The van der Waals surface area contributed by atoms with E-state index in [2.05, 4.69) is 83.1 Å².